The molecule has 2 aromatic heterocycles. The number of hydrogen-bond acceptors (Lipinski definition) is 4. The summed E-state index contributed by atoms with van der Waals surface area (Å²) in [7, 11) is 0. The quantitative estimate of drug-likeness (QED) is 0.494. The Hall–Kier alpha value is -0.920. The number of aromatic amines is 1. The molecule has 0 spiro atoms. The Bertz CT molecular complexity index is 482. The van der Waals surface area contributed by atoms with Gasteiger partial charge in [-0.15, -0.1) is 0 Å². The number of halogens is 1. The molecule has 0 radical (unpaired) electrons. The minimum Gasteiger partial charge on any atom is -0.343 e. The van der Waals surface area contributed by atoms with Gasteiger partial charge in [0.1, 0.15) is 11.8 Å². The van der Waals surface area contributed by atoms with E-state index in [1.165, 1.54) is 12.8 Å². The minimum atomic E-state index is 0.525. The Morgan fingerprint density at radius 1 is 1.40 bits per heavy atom. The van der Waals surface area contributed by atoms with E-state index in [0.29, 0.717) is 4.05 Å². The van der Waals surface area contributed by atoms with Crippen LogP contribution < -0.4 is 4.90 Å². The van der Waals surface area contributed by atoms with E-state index in [1.54, 1.807) is 12.7 Å². The fourth-order valence-electron chi connectivity index (χ4n) is 1.93. The van der Waals surface area contributed by atoms with E-state index in [9.17, 15) is 0 Å². The van der Waals surface area contributed by atoms with Crippen molar-refractivity contribution in [2.75, 3.05) is 11.4 Å². The monoisotopic (exact) mass is 315 g/mol. The van der Waals surface area contributed by atoms with Crippen molar-refractivity contribution in [3.8, 4) is 0 Å². The highest BCUT2D eigenvalue weighted by Gasteiger charge is 2.25. The molecule has 1 aliphatic heterocycles. The van der Waals surface area contributed by atoms with Gasteiger partial charge in [0.05, 0.1) is 10.4 Å². The molecular formula is C9H10IN5. The molecule has 0 aromatic carbocycles. The molecule has 1 atom stereocenters. The van der Waals surface area contributed by atoms with Crippen molar-refractivity contribution in [1.82, 2.24) is 19.9 Å². The molecule has 3 heterocycles. The average molecular weight is 315 g/mol. The van der Waals surface area contributed by atoms with Gasteiger partial charge in [-0.2, -0.15) is 0 Å². The molecule has 5 nitrogen and oxygen atoms in total. The van der Waals surface area contributed by atoms with Crippen molar-refractivity contribution in [1.29, 1.82) is 0 Å². The van der Waals surface area contributed by atoms with Crippen molar-refractivity contribution in [3.05, 3.63) is 12.7 Å². The zero-order chi connectivity index (χ0) is 10.3. The van der Waals surface area contributed by atoms with E-state index < -0.39 is 0 Å². The number of H-pyrrole nitrogens is 1. The number of rotatable bonds is 1. The number of nitrogens with zero attached hydrogens (tertiary/aromatic N) is 4. The van der Waals surface area contributed by atoms with Gasteiger partial charge in [0.15, 0.2) is 11.5 Å². The normalized spacial score (nSPS) is 21.4. The largest absolute Gasteiger partial charge is 0.343 e. The predicted molar refractivity (Wildman–Crippen MR) is 66.1 cm³/mol. The van der Waals surface area contributed by atoms with Crippen LogP contribution in [0.1, 0.15) is 12.8 Å². The molecule has 78 valence electrons. The van der Waals surface area contributed by atoms with Crippen molar-refractivity contribution in [2.45, 2.75) is 16.9 Å². The third-order valence-corrected chi connectivity index (χ3v) is 3.94. The van der Waals surface area contributed by atoms with Crippen molar-refractivity contribution < 1.29 is 0 Å². The lowest BCUT2D eigenvalue weighted by molar-refractivity contribution is 0.910. The number of imidazole rings is 1. The van der Waals surface area contributed by atoms with E-state index in [0.717, 1.165) is 23.5 Å². The van der Waals surface area contributed by atoms with Gasteiger partial charge >= 0.3 is 0 Å². The Morgan fingerprint density at radius 3 is 3.13 bits per heavy atom. The number of aromatic nitrogens is 4. The second-order valence-electron chi connectivity index (χ2n) is 3.57. The van der Waals surface area contributed by atoms with Crippen LogP contribution in [0.4, 0.5) is 5.82 Å². The molecule has 3 rings (SSSR count). The molecule has 1 N–H and O–H groups in total. The van der Waals surface area contributed by atoms with Gasteiger partial charge in [0, 0.05) is 6.54 Å². The maximum absolute atomic E-state index is 4.34. The van der Waals surface area contributed by atoms with Crippen LogP contribution in [0.5, 0.6) is 0 Å². The van der Waals surface area contributed by atoms with Crippen LogP contribution >= 0.6 is 22.6 Å². The molecule has 2 aromatic rings. The summed E-state index contributed by atoms with van der Waals surface area (Å²) in [6, 6.07) is 0. The smallest absolute Gasteiger partial charge is 0.162 e. The van der Waals surface area contributed by atoms with Gasteiger partial charge in [-0.25, -0.2) is 15.0 Å². The first-order chi connectivity index (χ1) is 7.36. The Kier molecular flexibility index (Phi) is 2.23. The summed E-state index contributed by atoms with van der Waals surface area (Å²) in [6.07, 6.45) is 5.71. The van der Waals surface area contributed by atoms with Crippen LogP contribution in [0.2, 0.25) is 0 Å². The highest BCUT2D eigenvalue weighted by Crippen LogP contribution is 2.30. The molecule has 0 amide bonds. The van der Waals surface area contributed by atoms with E-state index in [-0.39, 0.29) is 0 Å². The summed E-state index contributed by atoms with van der Waals surface area (Å²) in [6.45, 7) is 1.06. The standard InChI is InChI=1S/C9H10IN5/c10-6-2-1-3-15(6)9-7-8(12-4-11-7)13-5-14-9/h4-6H,1-3H2,(H,11,12,13,14)/t6-/m1/s1. The summed E-state index contributed by atoms with van der Waals surface area (Å²) < 4.78 is 0.525. The minimum absolute atomic E-state index is 0.525. The first-order valence-electron chi connectivity index (χ1n) is 4.91. The molecular weight excluding hydrogens is 305 g/mol. The Labute approximate surface area is 100 Å². The van der Waals surface area contributed by atoms with Crippen LogP contribution in [-0.4, -0.2) is 30.5 Å². The number of nitrogens with one attached hydrogen (secondary N) is 1. The van der Waals surface area contributed by atoms with Crippen LogP contribution in [0, 0.1) is 0 Å². The summed E-state index contributed by atoms with van der Waals surface area (Å²) in [5.41, 5.74) is 1.69. The maximum atomic E-state index is 4.34. The van der Waals surface area contributed by atoms with Gasteiger partial charge < -0.3 is 9.88 Å². The molecule has 15 heavy (non-hydrogen) atoms. The molecule has 1 aliphatic rings. The zero-order valence-corrected chi connectivity index (χ0v) is 10.2. The topological polar surface area (TPSA) is 57.7 Å². The number of hydrogen-bond donors (Lipinski definition) is 1. The number of anilines is 1. The number of alkyl halides is 1. The lowest BCUT2D eigenvalue weighted by atomic mass is 10.4. The maximum Gasteiger partial charge on any atom is 0.162 e. The predicted octanol–water partition coefficient (Wildman–Crippen LogP) is 1.71. The SMILES string of the molecule is I[C@H]1CCCN1c1ncnc2[nH]cnc12. The summed E-state index contributed by atoms with van der Waals surface area (Å²) in [5, 5.41) is 0. The fraction of sp³-hybridized carbons (Fsp3) is 0.444. The summed E-state index contributed by atoms with van der Waals surface area (Å²) in [5.74, 6) is 0.957. The molecule has 0 saturated carbocycles. The summed E-state index contributed by atoms with van der Waals surface area (Å²) in [4.78, 5) is 18.1. The lowest BCUT2D eigenvalue weighted by Gasteiger charge is -2.20. The second-order valence-corrected chi connectivity index (χ2v) is 5.00. The first kappa shape index (κ1) is 9.32. The fourth-order valence-corrected chi connectivity index (χ4v) is 2.91. The molecule has 1 saturated heterocycles. The molecule has 0 aliphatic carbocycles. The van der Waals surface area contributed by atoms with Crippen LogP contribution in [0.3, 0.4) is 0 Å². The van der Waals surface area contributed by atoms with E-state index in [2.05, 4.69) is 47.4 Å². The third-order valence-electron chi connectivity index (χ3n) is 2.65. The number of fused-ring (bicyclic) bond motifs is 1. The zero-order valence-electron chi connectivity index (χ0n) is 8.02. The van der Waals surface area contributed by atoms with Gasteiger partial charge in [-0.05, 0) is 12.8 Å². The van der Waals surface area contributed by atoms with Gasteiger partial charge in [0.25, 0.3) is 0 Å². The third kappa shape index (κ3) is 1.47. The van der Waals surface area contributed by atoms with Crippen molar-refractivity contribution in [2.24, 2.45) is 0 Å². The van der Waals surface area contributed by atoms with E-state index in [4.69, 9.17) is 0 Å². The van der Waals surface area contributed by atoms with Crippen LogP contribution in [0.25, 0.3) is 11.2 Å². The van der Waals surface area contributed by atoms with Gasteiger partial charge in [0.2, 0.25) is 0 Å². The molecule has 1 fully saturated rings. The van der Waals surface area contributed by atoms with Crippen LogP contribution in [0.15, 0.2) is 12.7 Å². The Balaban J connectivity index is 2.13. The van der Waals surface area contributed by atoms with Crippen molar-refractivity contribution in [3.63, 3.8) is 0 Å². The Morgan fingerprint density at radius 2 is 2.33 bits per heavy atom. The van der Waals surface area contributed by atoms with Gasteiger partial charge in [-0.3, -0.25) is 0 Å². The second kappa shape index (κ2) is 3.58. The molecule has 0 bridgehead atoms. The molecule has 0 unspecified atom stereocenters. The highest BCUT2D eigenvalue weighted by atomic mass is 127. The first-order valence-corrected chi connectivity index (χ1v) is 6.15. The highest BCUT2D eigenvalue weighted by molar-refractivity contribution is 14.1. The van der Waals surface area contributed by atoms with Crippen molar-refractivity contribution >= 4 is 39.6 Å². The van der Waals surface area contributed by atoms with E-state index in [1.807, 2.05) is 0 Å². The summed E-state index contributed by atoms with van der Waals surface area (Å²) >= 11 is 2.46. The average Bonchev–Trinajstić information content (AvgIpc) is 2.85. The lowest BCUT2D eigenvalue weighted by Crippen LogP contribution is -2.25. The van der Waals surface area contributed by atoms with Crippen LogP contribution in [-0.2, 0) is 0 Å². The molecule has 6 heteroatoms. The van der Waals surface area contributed by atoms with Gasteiger partial charge in [-0.1, -0.05) is 22.6 Å². The van der Waals surface area contributed by atoms with E-state index >= 15 is 0 Å².